The predicted molar refractivity (Wildman–Crippen MR) is 126 cm³/mol. The summed E-state index contributed by atoms with van der Waals surface area (Å²) in [5.74, 6) is 2.90. The van der Waals surface area contributed by atoms with Gasteiger partial charge in [-0.15, -0.1) is 0 Å². The second-order valence-electron chi connectivity index (χ2n) is 6.63. The SMILES string of the molecule is CN(CCCS)C1C(N(C=O)CCCS)N(CCCS)C(=O)N1CCCS. The number of hydrogen-bond acceptors (Lipinski definition) is 7. The number of likely N-dealkylation sites (N-methyl/N-ethyl adjacent to an activating group) is 1. The minimum atomic E-state index is -0.306. The molecule has 1 aliphatic rings. The zero-order valence-electron chi connectivity index (χ0n) is 16.1. The summed E-state index contributed by atoms with van der Waals surface area (Å²) in [6.07, 6.45) is 3.70. The zero-order valence-corrected chi connectivity index (χ0v) is 19.7. The van der Waals surface area contributed by atoms with E-state index >= 15 is 0 Å². The molecule has 0 aromatic heterocycles. The number of carbonyl (C=O) groups is 2. The van der Waals surface area contributed by atoms with Crippen molar-refractivity contribution in [2.24, 2.45) is 0 Å². The van der Waals surface area contributed by atoms with Crippen molar-refractivity contribution in [1.29, 1.82) is 0 Å². The maximum atomic E-state index is 13.2. The second kappa shape index (κ2) is 14.1. The quantitative estimate of drug-likeness (QED) is 0.226. The van der Waals surface area contributed by atoms with Gasteiger partial charge >= 0.3 is 6.03 Å². The van der Waals surface area contributed by atoms with Crippen molar-refractivity contribution in [3.05, 3.63) is 0 Å². The average Bonchev–Trinajstić information content (AvgIpc) is 2.95. The van der Waals surface area contributed by atoms with Crippen molar-refractivity contribution in [2.75, 3.05) is 56.2 Å². The van der Waals surface area contributed by atoms with E-state index in [-0.39, 0.29) is 18.4 Å². The molecule has 1 fully saturated rings. The van der Waals surface area contributed by atoms with E-state index in [0.717, 1.165) is 50.1 Å². The van der Waals surface area contributed by atoms with E-state index in [1.54, 1.807) is 4.90 Å². The molecule has 0 spiro atoms. The number of urea groups is 1. The van der Waals surface area contributed by atoms with Gasteiger partial charge in [0.2, 0.25) is 6.41 Å². The highest BCUT2D eigenvalue weighted by Gasteiger charge is 2.49. The summed E-state index contributed by atoms with van der Waals surface area (Å²) in [6.45, 7) is 2.62. The highest BCUT2D eigenvalue weighted by atomic mass is 32.1. The van der Waals surface area contributed by atoms with E-state index in [1.165, 1.54) is 0 Å². The van der Waals surface area contributed by atoms with Crippen molar-refractivity contribution < 1.29 is 9.59 Å². The lowest BCUT2D eigenvalue weighted by molar-refractivity contribution is -0.125. The maximum Gasteiger partial charge on any atom is 0.323 e. The Kier molecular flexibility index (Phi) is 13.2. The van der Waals surface area contributed by atoms with Gasteiger partial charge in [0.1, 0.15) is 12.3 Å². The summed E-state index contributed by atoms with van der Waals surface area (Å²) in [7, 11) is 2.02. The third kappa shape index (κ3) is 7.13. The molecule has 6 nitrogen and oxygen atoms in total. The highest BCUT2D eigenvalue weighted by molar-refractivity contribution is 7.80. The van der Waals surface area contributed by atoms with Crippen LogP contribution in [0.3, 0.4) is 0 Å². The standard InChI is InChI=1S/C17H34N4O2S4/c1-18(6-2-10-24)15-16(19(14-22)7-3-11-25)21(9-5-13-27)17(23)20(15)8-4-12-26/h14-16,24-27H,2-13H2,1H3. The van der Waals surface area contributed by atoms with Crippen LogP contribution in [0.2, 0.25) is 0 Å². The van der Waals surface area contributed by atoms with Gasteiger partial charge in [-0.05, 0) is 55.7 Å². The van der Waals surface area contributed by atoms with Gasteiger partial charge in [0.25, 0.3) is 0 Å². The average molecular weight is 455 g/mol. The number of carbonyl (C=O) groups excluding carboxylic acids is 2. The van der Waals surface area contributed by atoms with Gasteiger partial charge in [-0.25, -0.2) is 4.79 Å². The summed E-state index contributed by atoms with van der Waals surface area (Å²) in [4.78, 5) is 32.8. The Morgan fingerprint density at radius 1 is 0.852 bits per heavy atom. The normalized spacial score (nSPS) is 20.0. The lowest BCUT2D eigenvalue weighted by Crippen LogP contribution is -2.57. The van der Waals surface area contributed by atoms with Crippen LogP contribution in [0.5, 0.6) is 0 Å². The van der Waals surface area contributed by atoms with Crippen LogP contribution in [-0.2, 0) is 4.79 Å². The van der Waals surface area contributed by atoms with E-state index in [2.05, 4.69) is 55.4 Å². The smallest absolute Gasteiger partial charge is 0.321 e. The Hall–Kier alpha value is 0.1000. The number of thiol groups is 4. The molecule has 0 bridgehead atoms. The Morgan fingerprint density at radius 3 is 1.81 bits per heavy atom. The molecular weight excluding hydrogens is 420 g/mol. The topological polar surface area (TPSA) is 47.1 Å². The first-order valence-corrected chi connectivity index (χ1v) is 12.0. The molecule has 0 saturated carbocycles. The Bertz CT molecular complexity index is 447. The van der Waals surface area contributed by atoms with Gasteiger partial charge in [0, 0.05) is 26.2 Å². The van der Waals surface area contributed by atoms with Crippen LogP contribution in [-0.4, -0.2) is 101 Å². The molecule has 2 unspecified atom stereocenters. The largest absolute Gasteiger partial charge is 0.323 e. The van der Waals surface area contributed by atoms with Gasteiger partial charge in [0.15, 0.2) is 0 Å². The van der Waals surface area contributed by atoms with Crippen LogP contribution in [0.25, 0.3) is 0 Å². The summed E-state index contributed by atoms with van der Waals surface area (Å²) in [5.41, 5.74) is 0. The Morgan fingerprint density at radius 2 is 1.33 bits per heavy atom. The van der Waals surface area contributed by atoms with E-state index in [9.17, 15) is 9.59 Å². The van der Waals surface area contributed by atoms with Crippen LogP contribution >= 0.6 is 50.5 Å². The summed E-state index contributed by atoms with van der Waals surface area (Å²) in [6, 6.07) is -0.0102. The fourth-order valence-electron chi connectivity index (χ4n) is 3.42. The molecule has 10 heteroatoms. The van der Waals surface area contributed by atoms with Gasteiger partial charge in [-0.3, -0.25) is 9.69 Å². The third-order valence-electron chi connectivity index (χ3n) is 4.68. The molecule has 27 heavy (non-hydrogen) atoms. The molecule has 0 aromatic carbocycles. The fourth-order valence-corrected chi connectivity index (χ4v) is 3.99. The number of hydrogen-bond donors (Lipinski definition) is 4. The number of rotatable bonds is 15. The number of amides is 3. The minimum absolute atomic E-state index is 0.0102. The summed E-state index contributed by atoms with van der Waals surface area (Å²) < 4.78 is 0. The van der Waals surface area contributed by atoms with E-state index in [1.807, 2.05) is 16.8 Å². The zero-order chi connectivity index (χ0) is 20.2. The van der Waals surface area contributed by atoms with E-state index in [4.69, 9.17) is 0 Å². The summed E-state index contributed by atoms with van der Waals surface area (Å²) >= 11 is 17.2. The van der Waals surface area contributed by atoms with Crippen molar-refractivity contribution in [3.63, 3.8) is 0 Å². The van der Waals surface area contributed by atoms with Crippen molar-refractivity contribution in [3.8, 4) is 0 Å². The van der Waals surface area contributed by atoms with Crippen molar-refractivity contribution >= 4 is 63.0 Å². The maximum absolute atomic E-state index is 13.2. The van der Waals surface area contributed by atoms with Crippen LogP contribution in [0.4, 0.5) is 4.79 Å². The van der Waals surface area contributed by atoms with E-state index in [0.29, 0.717) is 31.1 Å². The molecular formula is C17H34N4O2S4. The number of nitrogens with zero attached hydrogens (tertiary/aromatic N) is 4. The van der Waals surface area contributed by atoms with Gasteiger partial charge < -0.3 is 14.7 Å². The van der Waals surface area contributed by atoms with Crippen molar-refractivity contribution in [1.82, 2.24) is 19.6 Å². The van der Waals surface area contributed by atoms with Crippen LogP contribution < -0.4 is 0 Å². The van der Waals surface area contributed by atoms with Crippen LogP contribution in [0.15, 0.2) is 0 Å². The molecule has 1 heterocycles. The first-order chi connectivity index (χ1) is 13.1. The molecule has 2 atom stereocenters. The minimum Gasteiger partial charge on any atom is -0.321 e. The molecule has 1 saturated heterocycles. The molecule has 3 amide bonds. The molecule has 1 aliphatic heterocycles. The lowest BCUT2D eigenvalue weighted by atomic mass is 10.2. The Labute approximate surface area is 186 Å². The fraction of sp³-hybridized carbons (Fsp3) is 0.882. The highest BCUT2D eigenvalue weighted by Crippen LogP contribution is 2.28. The first kappa shape index (κ1) is 25.1. The predicted octanol–water partition coefficient (Wildman–Crippen LogP) is 2.05. The van der Waals surface area contributed by atoms with Crippen LogP contribution in [0, 0.1) is 0 Å². The van der Waals surface area contributed by atoms with Gasteiger partial charge in [0.05, 0.1) is 0 Å². The van der Waals surface area contributed by atoms with Gasteiger partial charge in [-0.2, -0.15) is 50.5 Å². The lowest BCUT2D eigenvalue weighted by Gasteiger charge is -2.39. The molecule has 1 rings (SSSR count). The molecule has 0 aliphatic carbocycles. The third-order valence-corrected chi connectivity index (χ3v) is 5.95. The molecule has 0 N–H and O–H groups in total. The monoisotopic (exact) mass is 454 g/mol. The summed E-state index contributed by atoms with van der Waals surface area (Å²) in [5, 5.41) is 0. The molecule has 158 valence electrons. The van der Waals surface area contributed by atoms with Gasteiger partial charge in [-0.1, -0.05) is 0 Å². The van der Waals surface area contributed by atoms with Crippen molar-refractivity contribution in [2.45, 2.75) is 38.0 Å². The second-order valence-corrected chi connectivity index (χ2v) is 8.42. The molecule has 0 aromatic rings. The Balaban J connectivity index is 3.19. The van der Waals surface area contributed by atoms with E-state index < -0.39 is 0 Å². The first-order valence-electron chi connectivity index (χ1n) is 9.49. The molecule has 0 radical (unpaired) electrons. The van der Waals surface area contributed by atoms with Crippen LogP contribution in [0.1, 0.15) is 25.7 Å².